The number of nitrogens with zero attached hydrogens (tertiary/aromatic N) is 1. The number of methoxy groups -OCH3 is 1. The molecule has 5 heteroatoms. The van der Waals surface area contributed by atoms with Gasteiger partial charge in [-0.25, -0.2) is 0 Å². The lowest BCUT2D eigenvalue weighted by molar-refractivity contribution is -0.145. The summed E-state index contributed by atoms with van der Waals surface area (Å²) in [6, 6.07) is 0. The molecule has 1 fully saturated rings. The lowest BCUT2D eigenvalue weighted by atomic mass is 9.98. The lowest BCUT2D eigenvalue weighted by Crippen LogP contribution is -2.42. The first-order valence-electron chi connectivity index (χ1n) is 5.64. The SMILES string of the molecule is COCCCC(=O)N1CCCC(C(=O)O)C1. The van der Waals surface area contributed by atoms with Gasteiger partial charge in [-0.2, -0.15) is 0 Å². The van der Waals surface area contributed by atoms with Crippen LogP contribution in [0.4, 0.5) is 0 Å². The molecule has 1 unspecified atom stereocenters. The molecule has 0 aliphatic carbocycles. The van der Waals surface area contributed by atoms with E-state index in [0.717, 1.165) is 6.42 Å². The summed E-state index contributed by atoms with van der Waals surface area (Å²) >= 11 is 0. The van der Waals surface area contributed by atoms with Crippen LogP contribution < -0.4 is 0 Å². The van der Waals surface area contributed by atoms with Crippen molar-refractivity contribution in [3.05, 3.63) is 0 Å². The molecule has 1 N–H and O–H groups in total. The summed E-state index contributed by atoms with van der Waals surface area (Å²) < 4.78 is 4.87. The first kappa shape index (κ1) is 13.0. The minimum Gasteiger partial charge on any atom is -0.481 e. The Labute approximate surface area is 95.4 Å². The number of carboxylic acid groups (broad SMARTS) is 1. The highest BCUT2D eigenvalue weighted by atomic mass is 16.5. The van der Waals surface area contributed by atoms with Gasteiger partial charge in [0.1, 0.15) is 0 Å². The van der Waals surface area contributed by atoms with Crippen LogP contribution in [0.3, 0.4) is 0 Å². The van der Waals surface area contributed by atoms with E-state index in [-0.39, 0.29) is 11.8 Å². The molecule has 16 heavy (non-hydrogen) atoms. The monoisotopic (exact) mass is 229 g/mol. The molecule has 1 amide bonds. The highest BCUT2D eigenvalue weighted by Crippen LogP contribution is 2.17. The Balaban J connectivity index is 2.35. The standard InChI is InChI=1S/C11H19NO4/c1-16-7-3-5-10(13)12-6-2-4-9(8-12)11(14)15/h9H,2-8H2,1H3,(H,14,15). The molecule has 0 saturated carbocycles. The number of hydrogen-bond acceptors (Lipinski definition) is 3. The van der Waals surface area contributed by atoms with E-state index in [2.05, 4.69) is 0 Å². The summed E-state index contributed by atoms with van der Waals surface area (Å²) in [5.74, 6) is -1.14. The minimum atomic E-state index is -0.797. The molecule has 1 heterocycles. The Morgan fingerprint density at radius 3 is 2.88 bits per heavy atom. The maximum atomic E-state index is 11.7. The molecule has 1 atom stereocenters. The molecule has 0 aromatic heterocycles. The third-order valence-electron chi connectivity index (χ3n) is 2.86. The van der Waals surface area contributed by atoms with Gasteiger partial charge in [-0.15, -0.1) is 0 Å². The van der Waals surface area contributed by atoms with Crippen LogP contribution in [0.2, 0.25) is 0 Å². The maximum Gasteiger partial charge on any atom is 0.308 e. The Morgan fingerprint density at radius 1 is 1.50 bits per heavy atom. The van der Waals surface area contributed by atoms with Crippen molar-refractivity contribution in [1.29, 1.82) is 0 Å². The topological polar surface area (TPSA) is 66.8 Å². The zero-order valence-electron chi connectivity index (χ0n) is 9.65. The van der Waals surface area contributed by atoms with E-state index in [9.17, 15) is 9.59 Å². The molecular formula is C11H19NO4. The van der Waals surface area contributed by atoms with Crippen LogP contribution in [-0.4, -0.2) is 48.7 Å². The van der Waals surface area contributed by atoms with Crippen LogP contribution in [0.1, 0.15) is 25.7 Å². The fourth-order valence-corrected chi connectivity index (χ4v) is 1.93. The van der Waals surface area contributed by atoms with Gasteiger partial charge < -0.3 is 14.7 Å². The summed E-state index contributed by atoms with van der Waals surface area (Å²) in [6.45, 7) is 1.62. The largest absolute Gasteiger partial charge is 0.481 e. The first-order chi connectivity index (χ1) is 7.65. The van der Waals surface area contributed by atoms with E-state index in [4.69, 9.17) is 9.84 Å². The average molecular weight is 229 g/mol. The number of likely N-dealkylation sites (tertiary alicyclic amines) is 1. The van der Waals surface area contributed by atoms with Crippen LogP contribution in [0, 0.1) is 5.92 Å². The number of carbonyl (C=O) groups excluding carboxylic acids is 1. The second-order valence-corrected chi connectivity index (χ2v) is 4.11. The average Bonchev–Trinajstić information content (AvgIpc) is 2.29. The van der Waals surface area contributed by atoms with E-state index in [1.165, 1.54) is 0 Å². The lowest BCUT2D eigenvalue weighted by Gasteiger charge is -2.30. The predicted octanol–water partition coefficient (Wildman–Crippen LogP) is 0.736. The van der Waals surface area contributed by atoms with Gasteiger partial charge in [-0.1, -0.05) is 0 Å². The number of amides is 1. The number of carboxylic acids is 1. The molecule has 0 bridgehead atoms. The molecule has 1 aliphatic heterocycles. The van der Waals surface area contributed by atoms with Gasteiger partial charge >= 0.3 is 5.97 Å². The molecule has 1 rings (SSSR count). The number of ether oxygens (including phenoxy) is 1. The van der Waals surface area contributed by atoms with Crippen molar-refractivity contribution < 1.29 is 19.4 Å². The van der Waals surface area contributed by atoms with Crippen molar-refractivity contribution in [1.82, 2.24) is 4.90 Å². The van der Waals surface area contributed by atoms with Crippen LogP contribution in [0.25, 0.3) is 0 Å². The van der Waals surface area contributed by atoms with Gasteiger partial charge in [0.25, 0.3) is 0 Å². The third-order valence-corrected chi connectivity index (χ3v) is 2.86. The van der Waals surface area contributed by atoms with Gasteiger partial charge in [0.05, 0.1) is 5.92 Å². The van der Waals surface area contributed by atoms with Gasteiger partial charge in [0, 0.05) is 33.2 Å². The van der Waals surface area contributed by atoms with Crippen molar-refractivity contribution >= 4 is 11.9 Å². The van der Waals surface area contributed by atoms with Crippen LogP contribution in [0.5, 0.6) is 0 Å². The van der Waals surface area contributed by atoms with Crippen molar-refractivity contribution in [2.24, 2.45) is 5.92 Å². The Hall–Kier alpha value is -1.10. The quantitative estimate of drug-likeness (QED) is 0.706. The number of aliphatic carboxylic acids is 1. The van der Waals surface area contributed by atoms with Crippen molar-refractivity contribution in [2.45, 2.75) is 25.7 Å². The highest BCUT2D eigenvalue weighted by Gasteiger charge is 2.27. The first-order valence-corrected chi connectivity index (χ1v) is 5.64. The van der Waals surface area contributed by atoms with E-state index in [1.807, 2.05) is 0 Å². The van der Waals surface area contributed by atoms with Crippen LogP contribution >= 0.6 is 0 Å². The zero-order valence-corrected chi connectivity index (χ0v) is 9.65. The van der Waals surface area contributed by atoms with Gasteiger partial charge in [-0.05, 0) is 19.3 Å². The number of rotatable bonds is 5. The van der Waals surface area contributed by atoms with E-state index in [0.29, 0.717) is 39.0 Å². The number of carbonyl (C=O) groups is 2. The molecular weight excluding hydrogens is 210 g/mol. The normalized spacial score (nSPS) is 20.8. The second-order valence-electron chi connectivity index (χ2n) is 4.11. The fourth-order valence-electron chi connectivity index (χ4n) is 1.93. The van der Waals surface area contributed by atoms with E-state index in [1.54, 1.807) is 12.0 Å². The molecule has 1 aliphatic rings. The summed E-state index contributed by atoms with van der Waals surface area (Å²) in [7, 11) is 1.60. The molecule has 0 aromatic carbocycles. The molecule has 0 spiro atoms. The van der Waals surface area contributed by atoms with Crippen LogP contribution in [-0.2, 0) is 14.3 Å². The van der Waals surface area contributed by atoms with Gasteiger partial charge in [-0.3, -0.25) is 9.59 Å². The number of hydrogen-bond donors (Lipinski definition) is 1. The molecule has 1 saturated heterocycles. The van der Waals surface area contributed by atoms with E-state index >= 15 is 0 Å². The van der Waals surface area contributed by atoms with Crippen molar-refractivity contribution in [3.8, 4) is 0 Å². The number of piperidine rings is 1. The second kappa shape index (κ2) is 6.48. The molecule has 0 radical (unpaired) electrons. The van der Waals surface area contributed by atoms with Crippen molar-refractivity contribution in [2.75, 3.05) is 26.8 Å². The fraction of sp³-hybridized carbons (Fsp3) is 0.818. The third kappa shape index (κ3) is 3.81. The Bertz CT molecular complexity index is 254. The summed E-state index contributed by atoms with van der Waals surface area (Å²) in [5, 5.41) is 8.89. The summed E-state index contributed by atoms with van der Waals surface area (Å²) in [4.78, 5) is 24.2. The summed E-state index contributed by atoms with van der Waals surface area (Å²) in [5.41, 5.74) is 0. The van der Waals surface area contributed by atoms with Gasteiger partial charge in [0.2, 0.25) is 5.91 Å². The molecule has 0 aromatic rings. The van der Waals surface area contributed by atoms with Crippen LogP contribution in [0.15, 0.2) is 0 Å². The maximum absolute atomic E-state index is 11.7. The smallest absolute Gasteiger partial charge is 0.308 e. The zero-order chi connectivity index (χ0) is 12.0. The Morgan fingerprint density at radius 2 is 2.25 bits per heavy atom. The van der Waals surface area contributed by atoms with Crippen molar-refractivity contribution in [3.63, 3.8) is 0 Å². The van der Waals surface area contributed by atoms with E-state index < -0.39 is 5.97 Å². The minimum absolute atomic E-state index is 0.0444. The summed E-state index contributed by atoms with van der Waals surface area (Å²) in [6.07, 6.45) is 2.61. The molecule has 5 nitrogen and oxygen atoms in total. The van der Waals surface area contributed by atoms with Gasteiger partial charge in [0.15, 0.2) is 0 Å². The predicted molar refractivity (Wildman–Crippen MR) is 58.0 cm³/mol. The molecule has 92 valence electrons. The Kier molecular flexibility index (Phi) is 5.25. The highest BCUT2D eigenvalue weighted by molar-refractivity contribution is 5.78.